The minimum atomic E-state index is 0.0431. The molecule has 2 rings (SSSR count). The Hall–Kier alpha value is -0.860. The molecule has 4 atom stereocenters. The summed E-state index contributed by atoms with van der Waals surface area (Å²) >= 11 is 0. The van der Waals surface area contributed by atoms with Crippen LogP contribution in [0.4, 0.5) is 0 Å². The van der Waals surface area contributed by atoms with Crippen molar-refractivity contribution in [2.75, 3.05) is 6.61 Å². The van der Waals surface area contributed by atoms with Crippen LogP contribution in [0.15, 0.2) is 30.3 Å². The number of hydrogen-bond donors (Lipinski definition) is 1. The van der Waals surface area contributed by atoms with Gasteiger partial charge in [-0.2, -0.15) is 0 Å². The van der Waals surface area contributed by atoms with E-state index in [0.29, 0.717) is 5.92 Å². The monoisotopic (exact) mass is 261 g/mol. The number of nitrogens with two attached hydrogens (primary N) is 1. The second-order valence-corrected chi connectivity index (χ2v) is 5.90. The van der Waals surface area contributed by atoms with Gasteiger partial charge in [-0.25, -0.2) is 0 Å². The van der Waals surface area contributed by atoms with Gasteiger partial charge in [0.05, 0.1) is 6.10 Å². The van der Waals surface area contributed by atoms with Gasteiger partial charge >= 0.3 is 0 Å². The molecule has 0 aromatic heterocycles. The molecule has 0 bridgehead atoms. The van der Waals surface area contributed by atoms with Crippen molar-refractivity contribution in [1.29, 1.82) is 0 Å². The Morgan fingerprint density at radius 3 is 2.63 bits per heavy atom. The zero-order valence-electron chi connectivity index (χ0n) is 12.2. The maximum absolute atomic E-state index is 6.55. The molecule has 0 radical (unpaired) electrons. The number of hydrogen-bond acceptors (Lipinski definition) is 2. The van der Waals surface area contributed by atoms with E-state index in [1.165, 1.54) is 31.2 Å². The molecule has 0 saturated heterocycles. The van der Waals surface area contributed by atoms with E-state index in [1.807, 2.05) is 13.0 Å². The molecular weight excluding hydrogens is 234 g/mol. The molecular formula is C17H27NO. The molecule has 0 amide bonds. The molecule has 19 heavy (non-hydrogen) atoms. The van der Waals surface area contributed by atoms with Crippen LogP contribution in [-0.4, -0.2) is 12.6 Å². The summed E-state index contributed by atoms with van der Waals surface area (Å²) in [6, 6.07) is 10.6. The van der Waals surface area contributed by atoms with Crippen molar-refractivity contribution in [2.45, 2.75) is 51.7 Å². The maximum atomic E-state index is 6.55. The van der Waals surface area contributed by atoms with Crippen LogP contribution in [0.3, 0.4) is 0 Å². The zero-order valence-corrected chi connectivity index (χ0v) is 12.2. The predicted molar refractivity (Wildman–Crippen MR) is 79.9 cm³/mol. The van der Waals surface area contributed by atoms with Crippen LogP contribution in [0, 0.1) is 11.8 Å². The maximum Gasteiger partial charge on any atom is 0.0978 e. The Kier molecular flexibility index (Phi) is 5.41. The van der Waals surface area contributed by atoms with E-state index in [9.17, 15) is 0 Å². The molecule has 1 aliphatic carbocycles. The van der Waals surface area contributed by atoms with Crippen molar-refractivity contribution in [3.63, 3.8) is 0 Å². The number of benzene rings is 1. The zero-order chi connectivity index (χ0) is 13.7. The Bertz CT molecular complexity index is 365. The summed E-state index contributed by atoms with van der Waals surface area (Å²) in [4.78, 5) is 0. The first kappa shape index (κ1) is 14.5. The third-order valence-electron chi connectivity index (χ3n) is 4.35. The predicted octanol–water partition coefficient (Wildman–Crippen LogP) is 3.92. The van der Waals surface area contributed by atoms with Crippen molar-refractivity contribution in [1.82, 2.24) is 0 Å². The average molecular weight is 261 g/mol. The van der Waals surface area contributed by atoms with Crippen molar-refractivity contribution >= 4 is 0 Å². The van der Waals surface area contributed by atoms with Gasteiger partial charge in [-0.15, -0.1) is 0 Å². The van der Waals surface area contributed by atoms with Gasteiger partial charge in [-0.1, -0.05) is 50.1 Å². The number of rotatable bonds is 5. The Labute approximate surface area is 117 Å². The van der Waals surface area contributed by atoms with Crippen LogP contribution in [0.5, 0.6) is 0 Å². The molecule has 1 aliphatic rings. The third kappa shape index (κ3) is 3.80. The van der Waals surface area contributed by atoms with Gasteiger partial charge in [-0.3, -0.25) is 0 Å². The second-order valence-electron chi connectivity index (χ2n) is 5.90. The Morgan fingerprint density at radius 1 is 1.26 bits per heavy atom. The molecule has 0 spiro atoms. The van der Waals surface area contributed by atoms with Crippen LogP contribution in [0.1, 0.15) is 51.2 Å². The van der Waals surface area contributed by atoms with E-state index in [-0.39, 0.29) is 12.1 Å². The summed E-state index contributed by atoms with van der Waals surface area (Å²) < 4.78 is 5.95. The first-order valence-electron chi connectivity index (χ1n) is 7.64. The highest BCUT2D eigenvalue weighted by Gasteiger charge is 2.30. The fourth-order valence-electron chi connectivity index (χ4n) is 3.33. The van der Waals surface area contributed by atoms with Crippen molar-refractivity contribution < 1.29 is 4.74 Å². The van der Waals surface area contributed by atoms with Crippen LogP contribution < -0.4 is 5.73 Å². The highest BCUT2D eigenvalue weighted by molar-refractivity contribution is 5.19. The Balaban J connectivity index is 2.09. The highest BCUT2D eigenvalue weighted by atomic mass is 16.5. The first-order chi connectivity index (χ1) is 9.22. The molecule has 2 N–H and O–H groups in total. The lowest BCUT2D eigenvalue weighted by molar-refractivity contribution is 0.0191. The molecule has 0 heterocycles. The molecule has 106 valence electrons. The van der Waals surface area contributed by atoms with Gasteiger partial charge < -0.3 is 10.5 Å². The van der Waals surface area contributed by atoms with E-state index < -0.39 is 0 Å². The summed E-state index contributed by atoms with van der Waals surface area (Å²) in [6.07, 6.45) is 5.21. The standard InChI is InChI=1S/C17H27NO/c1-3-19-17(14-9-5-4-6-10-14)16(18)15-11-7-8-13(2)12-15/h4-6,9-10,13,15-17H,3,7-8,11-12,18H2,1-2H3. The summed E-state index contributed by atoms with van der Waals surface area (Å²) in [5.41, 5.74) is 7.77. The van der Waals surface area contributed by atoms with E-state index in [4.69, 9.17) is 10.5 Å². The minimum Gasteiger partial charge on any atom is -0.372 e. The summed E-state index contributed by atoms with van der Waals surface area (Å²) in [5.74, 6) is 1.41. The molecule has 4 unspecified atom stereocenters. The van der Waals surface area contributed by atoms with E-state index in [1.54, 1.807) is 0 Å². The van der Waals surface area contributed by atoms with Crippen LogP contribution in [0.2, 0.25) is 0 Å². The van der Waals surface area contributed by atoms with Gasteiger partial charge in [0.2, 0.25) is 0 Å². The largest absolute Gasteiger partial charge is 0.372 e. The van der Waals surface area contributed by atoms with Crippen molar-refractivity contribution in [2.24, 2.45) is 17.6 Å². The fraction of sp³-hybridized carbons (Fsp3) is 0.647. The molecule has 1 saturated carbocycles. The lowest BCUT2D eigenvalue weighted by Gasteiger charge is -2.35. The lowest BCUT2D eigenvalue weighted by Crippen LogP contribution is -2.39. The fourth-order valence-corrected chi connectivity index (χ4v) is 3.33. The Morgan fingerprint density at radius 2 is 2.00 bits per heavy atom. The van der Waals surface area contributed by atoms with Crippen LogP contribution in [0.25, 0.3) is 0 Å². The summed E-state index contributed by atoms with van der Waals surface area (Å²) in [7, 11) is 0. The quantitative estimate of drug-likeness (QED) is 0.872. The molecule has 1 aromatic carbocycles. The van der Waals surface area contributed by atoms with Crippen LogP contribution >= 0.6 is 0 Å². The van der Waals surface area contributed by atoms with E-state index in [2.05, 4.69) is 31.2 Å². The molecule has 2 nitrogen and oxygen atoms in total. The summed E-state index contributed by atoms with van der Waals surface area (Å²) in [5, 5.41) is 0. The van der Waals surface area contributed by atoms with Crippen molar-refractivity contribution in [3.05, 3.63) is 35.9 Å². The van der Waals surface area contributed by atoms with Gasteiger partial charge in [0.25, 0.3) is 0 Å². The average Bonchev–Trinajstić information content (AvgIpc) is 2.45. The van der Waals surface area contributed by atoms with Gasteiger partial charge in [0, 0.05) is 12.6 Å². The molecule has 1 aromatic rings. The van der Waals surface area contributed by atoms with Gasteiger partial charge in [-0.05, 0) is 37.2 Å². The van der Waals surface area contributed by atoms with Crippen LogP contribution in [-0.2, 0) is 4.74 Å². The SMILES string of the molecule is CCOC(c1ccccc1)C(N)C1CCCC(C)C1. The highest BCUT2D eigenvalue weighted by Crippen LogP contribution is 2.35. The van der Waals surface area contributed by atoms with Gasteiger partial charge in [0.15, 0.2) is 0 Å². The first-order valence-corrected chi connectivity index (χ1v) is 7.64. The third-order valence-corrected chi connectivity index (χ3v) is 4.35. The normalized spacial score (nSPS) is 26.9. The van der Waals surface area contributed by atoms with Gasteiger partial charge in [0.1, 0.15) is 0 Å². The van der Waals surface area contributed by atoms with E-state index >= 15 is 0 Å². The van der Waals surface area contributed by atoms with Crippen molar-refractivity contribution in [3.8, 4) is 0 Å². The second kappa shape index (κ2) is 7.06. The molecule has 0 aliphatic heterocycles. The minimum absolute atomic E-state index is 0.0431. The molecule has 1 fully saturated rings. The van der Waals surface area contributed by atoms with E-state index in [0.717, 1.165) is 12.5 Å². The topological polar surface area (TPSA) is 35.2 Å². The number of ether oxygens (including phenoxy) is 1. The lowest BCUT2D eigenvalue weighted by atomic mass is 9.76. The summed E-state index contributed by atoms with van der Waals surface area (Å²) in [6.45, 7) is 5.11. The molecule has 2 heteroatoms. The smallest absolute Gasteiger partial charge is 0.0978 e.